The van der Waals surface area contributed by atoms with Crippen LogP contribution in [0.25, 0.3) is 16.8 Å². The Balaban J connectivity index is 1.46. The zero-order valence-electron chi connectivity index (χ0n) is 24.6. The smallest absolute Gasteiger partial charge is 0.271 e. The molecule has 0 bridgehead atoms. The molecule has 0 N–H and O–H groups in total. The van der Waals surface area contributed by atoms with E-state index >= 15 is 0 Å². The maximum absolute atomic E-state index is 14.1. The predicted molar refractivity (Wildman–Crippen MR) is 169 cm³/mol. The van der Waals surface area contributed by atoms with Crippen LogP contribution in [0.15, 0.2) is 99.9 Å². The Kier molecular flexibility index (Phi) is 7.88. The second-order valence-corrected chi connectivity index (χ2v) is 11.4. The number of methoxy groups -OCH3 is 2. The highest BCUT2D eigenvalue weighted by molar-refractivity contribution is 7.07. The van der Waals surface area contributed by atoms with Gasteiger partial charge in [0.2, 0.25) is 0 Å². The molecule has 0 saturated heterocycles. The molecule has 0 spiro atoms. The molecule has 44 heavy (non-hydrogen) atoms. The lowest BCUT2D eigenvalue weighted by Gasteiger charge is -2.27. The number of carbonyl (C=O) groups is 1. The number of hydrogen-bond acceptors (Lipinski definition) is 7. The molecule has 5 aromatic rings. The molecular formula is C35H29FN2O5S. The second kappa shape index (κ2) is 11.9. The summed E-state index contributed by atoms with van der Waals surface area (Å²) in [5.41, 5.74) is 3.02. The van der Waals surface area contributed by atoms with Crippen molar-refractivity contribution in [2.24, 2.45) is 4.99 Å². The van der Waals surface area contributed by atoms with E-state index in [1.807, 2.05) is 42.5 Å². The van der Waals surface area contributed by atoms with Gasteiger partial charge in [0, 0.05) is 16.8 Å². The Labute approximate surface area is 256 Å². The lowest BCUT2D eigenvalue weighted by atomic mass is 9.89. The number of nitrogens with zero attached hydrogens (tertiary/aromatic N) is 2. The van der Waals surface area contributed by atoms with Crippen LogP contribution < -0.4 is 29.1 Å². The minimum absolute atomic E-state index is 0.165. The number of carbonyl (C=O) groups excluding carboxylic acids is 1. The third-order valence-electron chi connectivity index (χ3n) is 7.62. The summed E-state index contributed by atoms with van der Waals surface area (Å²) in [5, 5.41) is 1.86. The fourth-order valence-electron chi connectivity index (χ4n) is 5.57. The molecular weight excluding hydrogens is 579 g/mol. The van der Waals surface area contributed by atoms with Crippen LogP contribution in [0.3, 0.4) is 0 Å². The van der Waals surface area contributed by atoms with E-state index in [2.05, 4.69) is 0 Å². The molecule has 0 unspecified atom stereocenters. The number of halogens is 1. The average Bonchev–Trinajstić information content (AvgIpc) is 3.33. The molecule has 6 rings (SSSR count). The zero-order chi connectivity index (χ0) is 31.0. The molecule has 0 fully saturated rings. The Hall–Kier alpha value is -5.02. The summed E-state index contributed by atoms with van der Waals surface area (Å²) in [5.74, 6) is 1.11. The number of ether oxygens (including phenoxy) is 3. The van der Waals surface area contributed by atoms with Crippen molar-refractivity contribution in [2.45, 2.75) is 26.5 Å². The highest BCUT2D eigenvalue weighted by Gasteiger charge is 2.33. The standard InChI is InChI=1S/C35H29FN2O5S/c1-20-31(21(2)39)33(32-26-8-6-5-7-24(26)12-16-28(32)41-3)38-34(40)30(44-35(38)37-20)18-23-11-15-27(29(17-23)42-4)43-19-22-9-13-25(36)14-10-22/h5-18,33H,19H2,1-4H3/t33-/m1/s1. The number of aromatic nitrogens is 1. The van der Waals surface area contributed by atoms with Crippen LogP contribution in [0.4, 0.5) is 4.39 Å². The molecule has 222 valence electrons. The molecule has 7 nitrogen and oxygen atoms in total. The Morgan fingerprint density at radius 3 is 2.43 bits per heavy atom. The lowest BCUT2D eigenvalue weighted by Crippen LogP contribution is -2.39. The predicted octanol–water partition coefficient (Wildman–Crippen LogP) is 5.71. The van der Waals surface area contributed by atoms with Crippen molar-refractivity contribution < 1.29 is 23.4 Å². The van der Waals surface area contributed by atoms with Crippen molar-refractivity contribution >= 4 is 34.0 Å². The summed E-state index contributed by atoms with van der Waals surface area (Å²) >= 11 is 1.26. The summed E-state index contributed by atoms with van der Waals surface area (Å²) < 4.78 is 32.6. The van der Waals surface area contributed by atoms with Crippen molar-refractivity contribution in [3.05, 3.63) is 132 Å². The number of thiazole rings is 1. The van der Waals surface area contributed by atoms with Gasteiger partial charge in [0.1, 0.15) is 18.2 Å². The second-order valence-electron chi connectivity index (χ2n) is 10.4. The number of fused-ring (bicyclic) bond motifs is 2. The van der Waals surface area contributed by atoms with Crippen LogP contribution in [-0.4, -0.2) is 24.6 Å². The van der Waals surface area contributed by atoms with Crippen LogP contribution in [0, 0.1) is 5.82 Å². The first kappa shape index (κ1) is 29.1. The van der Waals surface area contributed by atoms with Gasteiger partial charge >= 0.3 is 0 Å². The van der Waals surface area contributed by atoms with Crippen molar-refractivity contribution in [2.75, 3.05) is 14.2 Å². The first-order valence-corrected chi connectivity index (χ1v) is 14.7. The van der Waals surface area contributed by atoms with Gasteiger partial charge in [0.15, 0.2) is 22.1 Å². The topological polar surface area (TPSA) is 79.1 Å². The van der Waals surface area contributed by atoms with Gasteiger partial charge in [-0.25, -0.2) is 9.38 Å². The molecule has 0 amide bonds. The Morgan fingerprint density at radius 1 is 0.977 bits per heavy atom. The van der Waals surface area contributed by atoms with Crippen molar-refractivity contribution in [3.8, 4) is 17.2 Å². The third-order valence-corrected chi connectivity index (χ3v) is 8.60. The van der Waals surface area contributed by atoms with E-state index in [0.29, 0.717) is 37.9 Å². The SMILES string of the molecule is COc1cc(C=c2sc3n(c2=O)[C@@H](c2c(OC)ccc4ccccc24)C(C(C)=O)=C(C)N=3)ccc1OCc1ccc(F)cc1. The minimum Gasteiger partial charge on any atom is -0.496 e. The van der Waals surface area contributed by atoms with Crippen LogP contribution in [0.2, 0.25) is 0 Å². The fraction of sp³-hybridized carbons (Fsp3) is 0.171. The first-order chi connectivity index (χ1) is 21.3. The van der Waals surface area contributed by atoms with E-state index < -0.39 is 6.04 Å². The summed E-state index contributed by atoms with van der Waals surface area (Å²) in [7, 11) is 3.13. The molecule has 1 aliphatic heterocycles. The van der Waals surface area contributed by atoms with Gasteiger partial charge in [-0.05, 0) is 72.2 Å². The maximum atomic E-state index is 14.1. The fourth-order valence-corrected chi connectivity index (χ4v) is 6.61. The largest absolute Gasteiger partial charge is 0.496 e. The average molecular weight is 609 g/mol. The summed E-state index contributed by atoms with van der Waals surface area (Å²) in [4.78, 5) is 32.4. The minimum atomic E-state index is -0.719. The third kappa shape index (κ3) is 5.31. The maximum Gasteiger partial charge on any atom is 0.271 e. The number of rotatable bonds is 8. The van der Waals surface area contributed by atoms with E-state index in [1.54, 1.807) is 56.1 Å². The highest BCUT2D eigenvalue weighted by atomic mass is 32.1. The number of allylic oxidation sites excluding steroid dienone is 2. The van der Waals surface area contributed by atoms with Gasteiger partial charge in [-0.2, -0.15) is 0 Å². The molecule has 9 heteroatoms. The Morgan fingerprint density at radius 2 is 1.70 bits per heavy atom. The van der Waals surface area contributed by atoms with Gasteiger partial charge in [-0.1, -0.05) is 59.9 Å². The van der Waals surface area contributed by atoms with Crippen molar-refractivity contribution in [3.63, 3.8) is 0 Å². The van der Waals surface area contributed by atoms with Crippen molar-refractivity contribution in [1.82, 2.24) is 4.57 Å². The monoisotopic (exact) mass is 608 g/mol. The summed E-state index contributed by atoms with van der Waals surface area (Å²) in [6, 6.07) is 22.4. The normalized spacial score (nSPS) is 14.8. The summed E-state index contributed by atoms with van der Waals surface area (Å²) in [6.45, 7) is 3.54. The molecule has 1 aromatic heterocycles. The molecule has 0 aliphatic carbocycles. The van der Waals surface area contributed by atoms with E-state index in [-0.39, 0.29) is 23.8 Å². The van der Waals surface area contributed by atoms with E-state index in [0.717, 1.165) is 27.5 Å². The van der Waals surface area contributed by atoms with Crippen LogP contribution in [0.1, 0.15) is 36.6 Å². The van der Waals surface area contributed by atoms with E-state index in [4.69, 9.17) is 19.2 Å². The van der Waals surface area contributed by atoms with Crippen molar-refractivity contribution in [1.29, 1.82) is 0 Å². The van der Waals surface area contributed by atoms with Gasteiger partial charge in [0.25, 0.3) is 5.56 Å². The summed E-state index contributed by atoms with van der Waals surface area (Å²) in [6.07, 6.45) is 1.78. The number of hydrogen-bond donors (Lipinski definition) is 0. The molecule has 4 aromatic carbocycles. The highest BCUT2D eigenvalue weighted by Crippen LogP contribution is 2.40. The molecule has 0 radical (unpaired) electrons. The number of ketones is 1. The molecule has 1 atom stereocenters. The van der Waals surface area contributed by atoms with Crippen LogP contribution in [-0.2, 0) is 11.4 Å². The number of Topliss-reactive ketones (excluding diaryl/α,β-unsaturated/α-hetero) is 1. The van der Waals surface area contributed by atoms with Gasteiger partial charge in [0.05, 0.1) is 24.8 Å². The van der Waals surface area contributed by atoms with E-state index in [9.17, 15) is 14.0 Å². The first-order valence-electron chi connectivity index (χ1n) is 13.9. The Bertz CT molecular complexity index is 2130. The van der Waals surface area contributed by atoms with Gasteiger partial charge in [-0.15, -0.1) is 0 Å². The van der Waals surface area contributed by atoms with Gasteiger partial charge in [-0.3, -0.25) is 14.2 Å². The van der Waals surface area contributed by atoms with Gasteiger partial charge < -0.3 is 14.2 Å². The quantitative estimate of drug-likeness (QED) is 0.226. The molecule has 2 heterocycles. The molecule has 1 aliphatic rings. The lowest BCUT2D eigenvalue weighted by molar-refractivity contribution is -0.114. The molecule has 0 saturated carbocycles. The van der Waals surface area contributed by atoms with Crippen LogP contribution >= 0.6 is 11.3 Å². The zero-order valence-corrected chi connectivity index (χ0v) is 25.4. The van der Waals surface area contributed by atoms with E-state index in [1.165, 1.54) is 30.4 Å². The van der Waals surface area contributed by atoms with Crippen LogP contribution in [0.5, 0.6) is 17.2 Å². The number of benzene rings is 4.